The Balaban J connectivity index is 1.76. The summed E-state index contributed by atoms with van der Waals surface area (Å²) in [5.74, 6) is 0.874. The van der Waals surface area contributed by atoms with E-state index in [-0.39, 0.29) is 0 Å². The monoisotopic (exact) mass is 296 g/mol. The molecule has 1 heterocycles. The lowest BCUT2D eigenvalue weighted by molar-refractivity contribution is 0.333. The fraction of sp³-hybridized carbons (Fsp3) is 0.417. The zero-order valence-electron chi connectivity index (χ0n) is 8.87. The molecule has 1 aliphatic rings. The fourth-order valence-electron chi connectivity index (χ4n) is 1.90. The molecule has 1 aromatic carbocycles. The molecule has 84 valence electrons. The van der Waals surface area contributed by atoms with Crippen LogP contribution in [0.15, 0.2) is 22.7 Å². The maximum Gasteiger partial charge on any atom is 0.183 e. The predicted octanol–water partition coefficient (Wildman–Crippen LogP) is 4.27. The molecule has 3 rings (SSSR count). The lowest BCUT2D eigenvalue weighted by Gasteiger charge is -2.25. The first-order chi connectivity index (χ1) is 7.81. The first kappa shape index (κ1) is 10.5. The van der Waals surface area contributed by atoms with Crippen LogP contribution in [0.4, 0.5) is 5.13 Å². The largest absolute Gasteiger partial charge is 0.361 e. The Labute approximate surface area is 107 Å². The van der Waals surface area contributed by atoms with Gasteiger partial charge in [-0.15, -0.1) is 0 Å². The summed E-state index contributed by atoms with van der Waals surface area (Å²) in [5.41, 5.74) is 1.08. The van der Waals surface area contributed by atoms with Gasteiger partial charge in [0.1, 0.15) is 0 Å². The molecule has 0 spiro atoms. The zero-order chi connectivity index (χ0) is 11.0. The van der Waals surface area contributed by atoms with Crippen LogP contribution in [0.2, 0.25) is 0 Å². The van der Waals surface area contributed by atoms with Crippen LogP contribution in [0, 0.1) is 5.92 Å². The van der Waals surface area contributed by atoms with Gasteiger partial charge >= 0.3 is 0 Å². The van der Waals surface area contributed by atoms with Crippen molar-refractivity contribution in [2.24, 2.45) is 5.92 Å². The van der Waals surface area contributed by atoms with Crippen LogP contribution in [-0.4, -0.2) is 11.5 Å². The molecule has 0 unspecified atom stereocenters. The third-order valence-corrected chi connectivity index (χ3v) is 4.60. The molecule has 1 fully saturated rings. The molecule has 2 aromatic rings. The van der Waals surface area contributed by atoms with Crippen molar-refractivity contribution in [3.05, 3.63) is 22.7 Å². The van der Waals surface area contributed by atoms with Crippen LogP contribution < -0.4 is 5.32 Å². The Kier molecular flexibility index (Phi) is 2.86. The number of benzene rings is 1. The molecule has 1 aromatic heterocycles. The lowest BCUT2D eigenvalue weighted by atomic mass is 9.86. The molecular formula is C12H13BrN2S. The van der Waals surface area contributed by atoms with Crippen LogP contribution in [0.25, 0.3) is 10.2 Å². The summed E-state index contributed by atoms with van der Waals surface area (Å²) < 4.78 is 2.34. The summed E-state index contributed by atoms with van der Waals surface area (Å²) >= 11 is 5.21. The third-order valence-electron chi connectivity index (χ3n) is 3.12. The van der Waals surface area contributed by atoms with Crippen LogP contribution in [0.5, 0.6) is 0 Å². The van der Waals surface area contributed by atoms with Gasteiger partial charge in [-0.1, -0.05) is 33.7 Å². The normalized spacial score (nSPS) is 16.3. The highest BCUT2D eigenvalue weighted by Crippen LogP contribution is 2.30. The van der Waals surface area contributed by atoms with E-state index in [0.29, 0.717) is 0 Å². The summed E-state index contributed by atoms with van der Waals surface area (Å²) in [5, 5.41) is 4.50. The van der Waals surface area contributed by atoms with E-state index in [1.54, 1.807) is 11.3 Å². The zero-order valence-corrected chi connectivity index (χ0v) is 11.3. The summed E-state index contributed by atoms with van der Waals surface area (Å²) in [4.78, 5) is 4.58. The Bertz CT molecular complexity index is 505. The molecule has 0 aliphatic heterocycles. The highest BCUT2D eigenvalue weighted by atomic mass is 79.9. The Hall–Kier alpha value is -0.610. The second kappa shape index (κ2) is 4.34. The van der Waals surface area contributed by atoms with Crippen LogP contribution in [0.3, 0.4) is 0 Å². The van der Waals surface area contributed by atoms with Gasteiger partial charge in [-0.05, 0) is 37.0 Å². The van der Waals surface area contributed by atoms with Gasteiger partial charge in [0.15, 0.2) is 5.13 Å². The van der Waals surface area contributed by atoms with E-state index in [1.807, 2.05) is 0 Å². The topological polar surface area (TPSA) is 24.9 Å². The SMILES string of the molecule is Brc1ccc2sc(NCC3CCC3)nc2c1. The van der Waals surface area contributed by atoms with Gasteiger partial charge in [0.2, 0.25) is 0 Å². The van der Waals surface area contributed by atoms with Crippen LogP contribution >= 0.6 is 27.3 Å². The van der Waals surface area contributed by atoms with E-state index in [0.717, 1.165) is 27.6 Å². The van der Waals surface area contributed by atoms with Crippen molar-refractivity contribution in [2.75, 3.05) is 11.9 Å². The number of aromatic nitrogens is 1. The molecule has 0 atom stereocenters. The molecule has 1 aliphatic carbocycles. The minimum atomic E-state index is 0.874. The molecule has 0 radical (unpaired) electrons. The highest BCUT2D eigenvalue weighted by Gasteiger charge is 2.17. The molecular weight excluding hydrogens is 284 g/mol. The Morgan fingerprint density at radius 2 is 2.31 bits per heavy atom. The average molecular weight is 297 g/mol. The summed E-state index contributed by atoms with van der Waals surface area (Å²) in [6, 6.07) is 6.25. The number of anilines is 1. The minimum Gasteiger partial charge on any atom is -0.361 e. The number of halogens is 1. The van der Waals surface area contributed by atoms with Gasteiger partial charge in [0.05, 0.1) is 10.2 Å². The van der Waals surface area contributed by atoms with Gasteiger partial charge in [-0.25, -0.2) is 4.98 Å². The standard InChI is InChI=1S/C12H13BrN2S/c13-9-4-5-11-10(6-9)15-12(16-11)14-7-8-2-1-3-8/h4-6,8H,1-3,7H2,(H,14,15). The van der Waals surface area contributed by atoms with Crippen molar-refractivity contribution in [3.63, 3.8) is 0 Å². The van der Waals surface area contributed by atoms with Crippen molar-refractivity contribution in [3.8, 4) is 0 Å². The molecule has 16 heavy (non-hydrogen) atoms. The smallest absolute Gasteiger partial charge is 0.183 e. The maximum absolute atomic E-state index is 4.58. The first-order valence-electron chi connectivity index (χ1n) is 5.61. The highest BCUT2D eigenvalue weighted by molar-refractivity contribution is 9.10. The van der Waals surface area contributed by atoms with Crippen molar-refractivity contribution in [1.29, 1.82) is 0 Å². The van der Waals surface area contributed by atoms with E-state index in [2.05, 4.69) is 44.4 Å². The lowest BCUT2D eigenvalue weighted by Crippen LogP contribution is -2.20. The average Bonchev–Trinajstić information content (AvgIpc) is 2.57. The van der Waals surface area contributed by atoms with E-state index in [4.69, 9.17) is 0 Å². The second-order valence-corrected chi connectivity index (χ2v) is 6.26. The van der Waals surface area contributed by atoms with E-state index in [9.17, 15) is 0 Å². The number of rotatable bonds is 3. The molecule has 1 N–H and O–H groups in total. The van der Waals surface area contributed by atoms with Crippen molar-refractivity contribution in [1.82, 2.24) is 4.98 Å². The summed E-state index contributed by atoms with van der Waals surface area (Å²) in [6.45, 7) is 1.08. The fourth-order valence-corrected chi connectivity index (χ4v) is 3.11. The van der Waals surface area contributed by atoms with E-state index < -0.39 is 0 Å². The summed E-state index contributed by atoms with van der Waals surface area (Å²) in [7, 11) is 0. The van der Waals surface area contributed by atoms with Crippen LogP contribution in [-0.2, 0) is 0 Å². The molecule has 1 saturated carbocycles. The number of nitrogens with one attached hydrogen (secondary N) is 1. The van der Waals surface area contributed by atoms with Gasteiger partial charge in [0, 0.05) is 11.0 Å². The predicted molar refractivity (Wildman–Crippen MR) is 73.2 cm³/mol. The Morgan fingerprint density at radius 1 is 1.44 bits per heavy atom. The van der Waals surface area contributed by atoms with E-state index in [1.165, 1.54) is 24.0 Å². The molecule has 2 nitrogen and oxygen atoms in total. The van der Waals surface area contributed by atoms with Crippen molar-refractivity contribution in [2.45, 2.75) is 19.3 Å². The molecule has 0 bridgehead atoms. The van der Waals surface area contributed by atoms with Gasteiger partial charge in [-0.3, -0.25) is 0 Å². The van der Waals surface area contributed by atoms with Gasteiger partial charge in [0.25, 0.3) is 0 Å². The number of nitrogens with zero attached hydrogens (tertiary/aromatic N) is 1. The minimum absolute atomic E-state index is 0.874. The van der Waals surface area contributed by atoms with Crippen molar-refractivity contribution < 1.29 is 0 Å². The molecule has 4 heteroatoms. The maximum atomic E-state index is 4.58. The molecule has 0 amide bonds. The second-order valence-electron chi connectivity index (χ2n) is 4.31. The van der Waals surface area contributed by atoms with E-state index >= 15 is 0 Å². The number of hydrogen-bond acceptors (Lipinski definition) is 3. The third kappa shape index (κ3) is 2.09. The van der Waals surface area contributed by atoms with Crippen LogP contribution in [0.1, 0.15) is 19.3 Å². The molecule has 0 saturated heterocycles. The number of fused-ring (bicyclic) bond motifs is 1. The Morgan fingerprint density at radius 3 is 3.06 bits per heavy atom. The van der Waals surface area contributed by atoms with Gasteiger partial charge < -0.3 is 5.32 Å². The number of thiazole rings is 1. The first-order valence-corrected chi connectivity index (χ1v) is 7.22. The summed E-state index contributed by atoms with van der Waals surface area (Å²) in [6.07, 6.45) is 4.16. The quantitative estimate of drug-likeness (QED) is 0.915. The van der Waals surface area contributed by atoms with Crippen molar-refractivity contribution >= 4 is 42.6 Å². The van der Waals surface area contributed by atoms with Gasteiger partial charge in [-0.2, -0.15) is 0 Å². The number of hydrogen-bond donors (Lipinski definition) is 1.